The minimum atomic E-state index is -0.676. The molecule has 28 heavy (non-hydrogen) atoms. The first-order valence-corrected chi connectivity index (χ1v) is 9.08. The van der Waals surface area contributed by atoms with Crippen molar-refractivity contribution in [3.05, 3.63) is 59.9 Å². The molecule has 4 rings (SSSR count). The van der Waals surface area contributed by atoms with Crippen molar-refractivity contribution >= 4 is 17.3 Å². The van der Waals surface area contributed by atoms with Crippen molar-refractivity contribution in [1.82, 2.24) is 14.8 Å². The zero-order valence-electron chi connectivity index (χ0n) is 15.7. The fourth-order valence-corrected chi connectivity index (χ4v) is 3.33. The number of hydrogen-bond donors (Lipinski definition) is 2. The Hall–Kier alpha value is -3.00. The molecule has 1 saturated heterocycles. The van der Waals surface area contributed by atoms with E-state index in [1.807, 2.05) is 26.0 Å². The van der Waals surface area contributed by atoms with Gasteiger partial charge in [0.1, 0.15) is 18.0 Å². The molecular weight excluding hydrogens is 364 g/mol. The van der Waals surface area contributed by atoms with Crippen LogP contribution < -0.4 is 10.2 Å². The lowest BCUT2D eigenvalue weighted by atomic mass is 9.90. The normalized spacial score (nSPS) is 15.4. The van der Waals surface area contributed by atoms with Crippen molar-refractivity contribution in [2.75, 3.05) is 23.3 Å². The van der Waals surface area contributed by atoms with Gasteiger partial charge in [0.05, 0.1) is 11.3 Å². The van der Waals surface area contributed by atoms with E-state index in [4.69, 9.17) is 0 Å². The van der Waals surface area contributed by atoms with Crippen LogP contribution in [0.3, 0.4) is 0 Å². The number of aliphatic hydroxyl groups is 1. The van der Waals surface area contributed by atoms with Crippen molar-refractivity contribution in [1.29, 1.82) is 0 Å². The summed E-state index contributed by atoms with van der Waals surface area (Å²) < 4.78 is 28.1. The van der Waals surface area contributed by atoms with E-state index < -0.39 is 17.2 Å². The van der Waals surface area contributed by atoms with Crippen LogP contribution in [0.1, 0.15) is 21.8 Å². The molecule has 0 aliphatic carbocycles. The molecule has 0 atom stereocenters. The molecule has 0 unspecified atom stereocenters. The van der Waals surface area contributed by atoms with E-state index in [0.717, 1.165) is 29.4 Å². The van der Waals surface area contributed by atoms with Crippen LogP contribution in [0.4, 0.5) is 26.1 Å². The van der Waals surface area contributed by atoms with Gasteiger partial charge in [-0.15, -0.1) is 5.10 Å². The molecule has 0 spiro atoms. The van der Waals surface area contributed by atoms with Crippen LogP contribution in [0.5, 0.6) is 0 Å². The van der Waals surface area contributed by atoms with Crippen LogP contribution in [0.15, 0.2) is 42.7 Å². The fraction of sp³-hybridized carbons (Fsp3) is 0.300. The van der Waals surface area contributed by atoms with Gasteiger partial charge < -0.3 is 15.3 Å². The molecule has 1 aliphatic heterocycles. The summed E-state index contributed by atoms with van der Waals surface area (Å²) in [4.78, 5) is 6.28. The number of nitrogens with one attached hydrogen (secondary N) is 1. The Morgan fingerprint density at radius 2 is 1.82 bits per heavy atom. The van der Waals surface area contributed by atoms with Crippen molar-refractivity contribution in [3.63, 3.8) is 0 Å². The molecule has 1 aromatic heterocycles. The number of rotatable bonds is 5. The zero-order chi connectivity index (χ0) is 19.9. The van der Waals surface area contributed by atoms with Crippen molar-refractivity contribution in [3.8, 4) is 5.69 Å². The maximum atomic E-state index is 13.4. The first-order chi connectivity index (χ1) is 13.3. The Kier molecular flexibility index (Phi) is 4.50. The summed E-state index contributed by atoms with van der Waals surface area (Å²) in [6, 6.07) is 9.16. The van der Waals surface area contributed by atoms with Gasteiger partial charge in [-0.2, -0.15) is 4.98 Å². The molecular formula is C20H25F2N5O. The van der Waals surface area contributed by atoms with Crippen LogP contribution >= 0.6 is 0 Å². The van der Waals surface area contributed by atoms with Crippen LogP contribution in [0, 0.1) is 18.6 Å². The van der Waals surface area contributed by atoms with Gasteiger partial charge in [0.25, 0.3) is 0 Å². The topological polar surface area (TPSA) is 66.2 Å². The van der Waals surface area contributed by atoms with Gasteiger partial charge >= 0.3 is 0 Å². The van der Waals surface area contributed by atoms with E-state index in [2.05, 4.69) is 26.4 Å². The quantitative estimate of drug-likeness (QED) is 0.689. The fourth-order valence-electron chi connectivity index (χ4n) is 3.33. The van der Waals surface area contributed by atoms with E-state index in [0.29, 0.717) is 19.0 Å². The predicted molar refractivity (Wildman–Crippen MR) is 107 cm³/mol. The predicted octanol–water partition coefficient (Wildman–Crippen LogP) is 4.05. The second kappa shape index (κ2) is 6.87. The lowest BCUT2D eigenvalue weighted by Crippen LogP contribution is -2.61. The number of aromatic nitrogens is 3. The van der Waals surface area contributed by atoms with E-state index in [-0.39, 0.29) is 8.54 Å². The third kappa shape index (κ3) is 3.68. The van der Waals surface area contributed by atoms with Gasteiger partial charge in [-0.3, -0.25) is 0 Å². The van der Waals surface area contributed by atoms with E-state index in [1.54, 1.807) is 0 Å². The van der Waals surface area contributed by atoms with Gasteiger partial charge in [0, 0.05) is 33.4 Å². The minimum Gasteiger partial charge on any atom is -0.386 e. The smallest absolute Gasteiger partial charge is 0.246 e. The molecule has 2 aromatic carbocycles. The summed E-state index contributed by atoms with van der Waals surface area (Å²) in [5.41, 5.74) is 2.50. The van der Waals surface area contributed by atoms with Crippen molar-refractivity contribution < 1.29 is 16.7 Å². The van der Waals surface area contributed by atoms with Gasteiger partial charge in [-0.1, -0.05) is 6.92 Å². The van der Waals surface area contributed by atoms with Crippen LogP contribution in [0.2, 0.25) is 0 Å². The molecule has 0 saturated carbocycles. The summed E-state index contributed by atoms with van der Waals surface area (Å²) in [7, 11) is 0. The summed E-state index contributed by atoms with van der Waals surface area (Å²) in [5.74, 6) is -1.04. The summed E-state index contributed by atoms with van der Waals surface area (Å²) in [6.07, 6.45) is 2.12. The first-order valence-electron chi connectivity index (χ1n) is 9.08. The monoisotopic (exact) mass is 389 g/mol. The second-order valence-electron chi connectivity index (χ2n) is 7.26. The molecule has 1 fully saturated rings. The number of aryl methyl sites for hydroxylation is 1. The number of hydrogen-bond acceptors (Lipinski definition) is 5. The average molecular weight is 389 g/mol. The standard InChI is InChI=1S/C20H21F2N5O.2H2/c1-3-20(28)10-26(11-20)17-5-13(2)4-16(9-17)24-19-23-12-27(25-19)18-7-14(21)6-15(22)8-18;;/h4-9,12,28H,3,10-11H2,1-2H3,(H,24,25);2*1H. The molecule has 0 bridgehead atoms. The number of nitrogens with zero attached hydrogens (tertiary/aromatic N) is 4. The number of halogens is 2. The third-order valence-corrected chi connectivity index (χ3v) is 4.92. The minimum absolute atomic E-state index is 0. The van der Waals surface area contributed by atoms with Crippen molar-refractivity contribution in [2.24, 2.45) is 0 Å². The molecule has 1 aliphatic rings. The highest BCUT2D eigenvalue weighted by molar-refractivity contribution is 5.65. The zero-order valence-corrected chi connectivity index (χ0v) is 15.7. The molecule has 6 nitrogen and oxygen atoms in total. The number of β-amino-alcohol motifs (C(OH)–C–C–N with tert-alkyl or cyclic N) is 1. The Bertz CT molecular complexity index is 1000. The second-order valence-corrected chi connectivity index (χ2v) is 7.26. The maximum absolute atomic E-state index is 13.4. The molecule has 0 amide bonds. The highest BCUT2D eigenvalue weighted by Crippen LogP contribution is 2.32. The summed E-state index contributed by atoms with van der Waals surface area (Å²) in [6.45, 7) is 5.17. The van der Waals surface area contributed by atoms with Gasteiger partial charge in [-0.25, -0.2) is 13.5 Å². The lowest BCUT2D eigenvalue weighted by molar-refractivity contribution is 0.00853. The molecule has 8 heteroatoms. The van der Waals surface area contributed by atoms with Gasteiger partial charge in [0.2, 0.25) is 5.95 Å². The van der Waals surface area contributed by atoms with E-state index in [9.17, 15) is 13.9 Å². The highest BCUT2D eigenvalue weighted by atomic mass is 19.1. The molecule has 0 radical (unpaired) electrons. The summed E-state index contributed by atoms with van der Waals surface area (Å²) in [5, 5.41) is 17.6. The number of anilines is 3. The SMILES string of the molecule is CCC1(O)CN(c2cc(C)cc(Nc3ncn(-c4cc(F)cc(F)c4)n3)c2)C1.[HH].[HH]. The first kappa shape index (κ1) is 18.4. The Balaban J connectivity index is 0.00000160. The van der Waals surface area contributed by atoms with Crippen LogP contribution in [-0.4, -0.2) is 38.6 Å². The number of benzene rings is 2. The molecule has 2 N–H and O–H groups in total. The third-order valence-electron chi connectivity index (χ3n) is 4.92. The Labute approximate surface area is 164 Å². The van der Waals surface area contributed by atoms with Crippen LogP contribution in [-0.2, 0) is 0 Å². The molecule has 150 valence electrons. The average Bonchev–Trinajstić information content (AvgIpc) is 3.06. The molecule has 2 heterocycles. The maximum Gasteiger partial charge on any atom is 0.246 e. The van der Waals surface area contributed by atoms with Gasteiger partial charge in [0.15, 0.2) is 0 Å². The molecule has 3 aromatic rings. The van der Waals surface area contributed by atoms with Gasteiger partial charge in [-0.05, 0) is 49.2 Å². The van der Waals surface area contributed by atoms with E-state index >= 15 is 0 Å². The Morgan fingerprint density at radius 3 is 2.50 bits per heavy atom. The van der Waals surface area contributed by atoms with Crippen LogP contribution in [0.25, 0.3) is 5.69 Å². The largest absolute Gasteiger partial charge is 0.386 e. The van der Waals surface area contributed by atoms with Crippen molar-refractivity contribution in [2.45, 2.75) is 25.9 Å². The lowest BCUT2D eigenvalue weighted by Gasteiger charge is -2.47. The van der Waals surface area contributed by atoms with E-state index in [1.165, 1.54) is 23.1 Å². The Morgan fingerprint density at radius 1 is 1.11 bits per heavy atom. The highest BCUT2D eigenvalue weighted by Gasteiger charge is 2.39. The summed E-state index contributed by atoms with van der Waals surface area (Å²) >= 11 is 0.